The van der Waals surface area contributed by atoms with Crippen molar-refractivity contribution in [3.8, 4) is 0 Å². The van der Waals surface area contributed by atoms with Crippen LogP contribution in [0, 0.1) is 12.0 Å². The third-order valence-corrected chi connectivity index (χ3v) is 1.39. The van der Waals surface area contributed by atoms with Gasteiger partial charge in [0.2, 0.25) is 0 Å². The van der Waals surface area contributed by atoms with Crippen molar-refractivity contribution >= 4 is 0 Å². The topological polar surface area (TPSA) is 60.7 Å². The van der Waals surface area contributed by atoms with Crippen LogP contribution >= 0.6 is 0 Å². The summed E-state index contributed by atoms with van der Waals surface area (Å²) < 4.78 is 0. The van der Waals surface area contributed by atoms with Crippen molar-refractivity contribution in [3.05, 3.63) is 23.8 Å². The first-order valence-corrected chi connectivity index (χ1v) is 4.89. The molecule has 3 nitrogen and oxygen atoms in total. The Balaban J connectivity index is -0.0000000900. The monoisotopic (exact) mass is 265 g/mol. The van der Waals surface area contributed by atoms with E-state index in [1.807, 2.05) is 0 Å². The minimum absolute atomic E-state index is 0. The molecule has 0 bridgehead atoms. The molecule has 0 radical (unpaired) electrons. The number of hydrogen-bond donors (Lipinski definition) is 3. The second-order valence-electron chi connectivity index (χ2n) is 2.91. The van der Waals surface area contributed by atoms with E-state index in [9.17, 15) is 0 Å². The molecule has 0 heterocycles. The van der Waals surface area contributed by atoms with Crippen LogP contribution in [0.4, 0.5) is 0 Å². The Morgan fingerprint density at radius 3 is 1.81 bits per heavy atom. The Morgan fingerprint density at radius 2 is 1.56 bits per heavy atom. The average molecular weight is 265 g/mol. The Morgan fingerprint density at radius 1 is 1.12 bits per heavy atom. The Labute approximate surface area is 115 Å². The molecule has 4 heteroatoms. The van der Waals surface area contributed by atoms with E-state index in [1.165, 1.54) is 12.0 Å². The first kappa shape index (κ1) is 25.1. The summed E-state index contributed by atoms with van der Waals surface area (Å²) in [5, 5.41) is 21.0. The van der Waals surface area contributed by atoms with Crippen molar-refractivity contribution in [3.63, 3.8) is 0 Å². The molecule has 0 fully saturated rings. The normalized spacial score (nSPS) is 10.7. The molecule has 0 unspecified atom stereocenters. The summed E-state index contributed by atoms with van der Waals surface area (Å²) in [4.78, 5) is 0. The minimum Gasteiger partial charge on any atom is -0.400 e. The zero-order chi connectivity index (χ0) is 12.7. The van der Waals surface area contributed by atoms with Gasteiger partial charge in [0.15, 0.2) is 0 Å². The molecule has 0 saturated heterocycles. The minimum atomic E-state index is 0. The molecular formula is C12H25O3Ti-. The van der Waals surface area contributed by atoms with Crippen LogP contribution in [-0.2, 0) is 21.7 Å². The molecule has 0 aromatic rings. The van der Waals surface area contributed by atoms with Crippen molar-refractivity contribution in [2.75, 3.05) is 21.3 Å². The average Bonchev–Trinajstić information content (AvgIpc) is 2.78. The molecule has 1 aliphatic carbocycles. The van der Waals surface area contributed by atoms with E-state index in [4.69, 9.17) is 15.3 Å². The van der Waals surface area contributed by atoms with Crippen LogP contribution in [0.3, 0.4) is 0 Å². The molecule has 0 saturated carbocycles. The van der Waals surface area contributed by atoms with Gasteiger partial charge < -0.3 is 15.3 Å². The van der Waals surface area contributed by atoms with Crippen LogP contribution < -0.4 is 0 Å². The van der Waals surface area contributed by atoms with E-state index in [0.717, 1.165) is 33.7 Å². The molecular weight excluding hydrogens is 240 g/mol. The van der Waals surface area contributed by atoms with Crippen LogP contribution in [0.2, 0.25) is 0 Å². The molecule has 0 atom stereocenters. The summed E-state index contributed by atoms with van der Waals surface area (Å²) in [7, 11) is 3.00. The van der Waals surface area contributed by atoms with Crippen molar-refractivity contribution in [1.82, 2.24) is 0 Å². The maximum Gasteiger partial charge on any atom is 0.0319 e. The Bertz CT molecular complexity index is 154. The van der Waals surface area contributed by atoms with E-state index >= 15 is 0 Å². The van der Waals surface area contributed by atoms with E-state index < -0.39 is 0 Å². The van der Waals surface area contributed by atoms with Gasteiger partial charge in [0.05, 0.1) is 0 Å². The summed E-state index contributed by atoms with van der Waals surface area (Å²) in [5.41, 5.74) is 1.39. The van der Waals surface area contributed by atoms with Crippen LogP contribution in [0.5, 0.6) is 0 Å². The molecule has 1 aliphatic rings. The largest absolute Gasteiger partial charge is 0.400 e. The predicted octanol–water partition coefficient (Wildman–Crippen LogP) is 1.54. The van der Waals surface area contributed by atoms with E-state index in [2.05, 4.69) is 32.1 Å². The van der Waals surface area contributed by atoms with Crippen LogP contribution in [0.25, 0.3) is 0 Å². The van der Waals surface area contributed by atoms with E-state index in [1.54, 1.807) is 0 Å². The molecule has 3 N–H and O–H groups in total. The van der Waals surface area contributed by atoms with E-state index in [0.29, 0.717) is 0 Å². The van der Waals surface area contributed by atoms with Crippen molar-refractivity contribution in [1.29, 1.82) is 0 Å². The Kier molecular flexibility index (Phi) is 38.1. The molecule has 96 valence electrons. The summed E-state index contributed by atoms with van der Waals surface area (Å²) in [6.07, 6.45) is 9.86. The van der Waals surface area contributed by atoms with Gasteiger partial charge in [-0.1, -0.05) is 20.3 Å². The van der Waals surface area contributed by atoms with Gasteiger partial charge in [0.1, 0.15) is 0 Å². The second-order valence-corrected chi connectivity index (χ2v) is 2.91. The molecule has 0 aromatic carbocycles. The number of allylic oxidation sites excluding steroid dienone is 4. The third-order valence-electron chi connectivity index (χ3n) is 1.39. The molecule has 0 aliphatic heterocycles. The summed E-state index contributed by atoms with van der Waals surface area (Å²) in [6, 6.07) is 0. The predicted molar refractivity (Wildman–Crippen MR) is 64.4 cm³/mol. The summed E-state index contributed by atoms with van der Waals surface area (Å²) in [5.74, 6) is 0.773. The van der Waals surface area contributed by atoms with Crippen LogP contribution in [0.1, 0.15) is 26.7 Å². The van der Waals surface area contributed by atoms with Gasteiger partial charge in [0.25, 0.3) is 0 Å². The van der Waals surface area contributed by atoms with Crippen molar-refractivity contribution in [2.45, 2.75) is 26.7 Å². The number of aliphatic hydroxyl groups excluding tert-OH is 3. The second kappa shape index (κ2) is 24.3. The zero-order valence-corrected chi connectivity index (χ0v) is 12.5. The molecule has 1 rings (SSSR count). The van der Waals surface area contributed by atoms with Gasteiger partial charge in [0, 0.05) is 43.0 Å². The fourth-order valence-corrected chi connectivity index (χ4v) is 1.03. The van der Waals surface area contributed by atoms with Gasteiger partial charge in [-0.3, -0.25) is 6.08 Å². The van der Waals surface area contributed by atoms with Gasteiger partial charge in [-0.25, -0.2) is 11.6 Å². The van der Waals surface area contributed by atoms with E-state index in [-0.39, 0.29) is 21.7 Å². The smallest absolute Gasteiger partial charge is 0.0319 e. The number of rotatable bonds is 2. The maximum absolute atomic E-state index is 7.00. The van der Waals surface area contributed by atoms with Gasteiger partial charge in [-0.15, -0.1) is 6.42 Å². The third kappa shape index (κ3) is 19.6. The number of aliphatic hydroxyl groups is 3. The van der Waals surface area contributed by atoms with Crippen LogP contribution in [0.15, 0.2) is 17.7 Å². The van der Waals surface area contributed by atoms with Crippen molar-refractivity contribution in [2.24, 2.45) is 5.92 Å². The molecule has 0 spiro atoms. The van der Waals surface area contributed by atoms with Crippen LogP contribution in [-0.4, -0.2) is 36.6 Å². The first-order valence-electron chi connectivity index (χ1n) is 4.89. The SMILES string of the molecule is CC(C)CC1=[C-]CC=C1.CO.CO.CO.[Ti]. The van der Waals surface area contributed by atoms with Crippen molar-refractivity contribution < 1.29 is 37.0 Å². The quantitative estimate of drug-likeness (QED) is 0.524. The van der Waals surface area contributed by atoms with Gasteiger partial charge in [-0.05, 0) is 5.92 Å². The molecule has 0 amide bonds. The molecule has 0 aromatic heterocycles. The Hall–Kier alpha value is 0.0743. The van der Waals surface area contributed by atoms with Gasteiger partial charge >= 0.3 is 0 Å². The van der Waals surface area contributed by atoms with Gasteiger partial charge in [-0.2, -0.15) is 6.08 Å². The maximum atomic E-state index is 7.00. The first-order chi connectivity index (χ1) is 7.29. The summed E-state index contributed by atoms with van der Waals surface area (Å²) in [6.45, 7) is 4.47. The molecule has 16 heavy (non-hydrogen) atoms. The zero-order valence-electron chi connectivity index (χ0n) is 11.0. The fraction of sp³-hybridized carbons (Fsp3) is 0.667. The fourth-order valence-electron chi connectivity index (χ4n) is 1.03. The standard InChI is InChI=1S/C9H13.3CH4O.Ti/c1-8(2)7-9-5-3-4-6-9;3*1-2;/h3,5,8H,4,7H2,1-2H3;3*2H,1H3;/q-1;;;;. The number of hydrogen-bond acceptors (Lipinski definition) is 3. The summed E-state index contributed by atoms with van der Waals surface area (Å²) >= 11 is 0.